The minimum Gasteiger partial charge on any atom is -0.359 e. The average Bonchev–Trinajstić information content (AvgIpc) is 2.89. The minimum absolute atomic E-state index is 0.111. The van der Waals surface area contributed by atoms with E-state index in [1.807, 2.05) is 0 Å². The molecule has 1 fully saturated rings. The summed E-state index contributed by atoms with van der Waals surface area (Å²) in [6.45, 7) is 2.25. The Kier molecular flexibility index (Phi) is 2.21. The molecule has 0 aliphatic carbocycles. The van der Waals surface area contributed by atoms with Crippen LogP contribution in [0.15, 0.2) is 24.3 Å². The highest BCUT2D eigenvalue weighted by Crippen LogP contribution is 2.27. The summed E-state index contributed by atoms with van der Waals surface area (Å²) in [7, 11) is 0. The highest BCUT2D eigenvalue weighted by atomic mass is 35.5. The molecule has 1 saturated heterocycles. The summed E-state index contributed by atoms with van der Waals surface area (Å²) in [5, 5.41) is 3.40. The lowest BCUT2D eigenvalue weighted by Crippen LogP contribution is -2.27. The molecule has 0 radical (unpaired) electrons. The zero-order chi connectivity index (χ0) is 10.2. The van der Waals surface area contributed by atoms with Gasteiger partial charge in [0.25, 0.3) is 5.91 Å². The Morgan fingerprint density at radius 2 is 2.07 bits per heavy atom. The van der Waals surface area contributed by atoms with E-state index < -0.39 is 5.60 Å². The van der Waals surface area contributed by atoms with Crippen LogP contribution in [-0.4, -0.2) is 18.1 Å². The molecule has 1 heterocycles. The predicted octanol–water partition coefficient (Wildman–Crippen LogP) is 2.07. The smallest absolute Gasteiger partial charge is 0.258 e. The van der Waals surface area contributed by atoms with Crippen LogP contribution >= 0.6 is 11.6 Å². The molecule has 1 aromatic rings. The molecule has 1 amide bonds. The first kappa shape index (κ1) is 9.49. The maximum absolute atomic E-state index is 11.5. The molecule has 0 aromatic heterocycles. The Bertz CT molecular complexity index is 357. The zero-order valence-corrected chi connectivity index (χ0v) is 8.47. The van der Waals surface area contributed by atoms with Crippen LogP contribution in [0.2, 0.25) is 5.02 Å². The molecule has 1 aromatic carbocycles. The number of nitrogens with one attached hydrogen (secondary N) is 1. The lowest BCUT2D eigenvalue weighted by molar-refractivity contribution is -0.120. The first-order chi connectivity index (χ1) is 6.60. The van der Waals surface area contributed by atoms with Crippen molar-refractivity contribution in [2.45, 2.75) is 12.5 Å². The summed E-state index contributed by atoms with van der Waals surface area (Å²) in [4.78, 5) is 11.5. The number of carbonyl (C=O) groups is 1. The van der Waals surface area contributed by atoms with E-state index in [1.165, 1.54) is 0 Å². The van der Waals surface area contributed by atoms with Gasteiger partial charge in [-0.25, -0.2) is 0 Å². The van der Waals surface area contributed by atoms with E-state index in [-0.39, 0.29) is 5.91 Å². The van der Waals surface area contributed by atoms with Crippen molar-refractivity contribution in [3.05, 3.63) is 29.3 Å². The van der Waals surface area contributed by atoms with Crippen molar-refractivity contribution < 1.29 is 9.53 Å². The van der Waals surface area contributed by atoms with Crippen molar-refractivity contribution in [3.63, 3.8) is 0 Å². The summed E-state index contributed by atoms with van der Waals surface area (Å²) in [5.41, 5.74) is 0.107. The van der Waals surface area contributed by atoms with Gasteiger partial charge in [0.15, 0.2) is 5.60 Å². The van der Waals surface area contributed by atoms with Gasteiger partial charge in [0.1, 0.15) is 0 Å². The molecule has 0 bridgehead atoms. The highest BCUT2D eigenvalue weighted by molar-refractivity contribution is 6.30. The number of rotatable bonds is 2. The number of carbonyl (C=O) groups excluding carboxylic acids is 1. The van der Waals surface area contributed by atoms with Gasteiger partial charge in [-0.1, -0.05) is 11.6 Å². The van der Waals surface area contributed by atoms with Crippen LogP contribution in [0.1, 0.15) is 6.92 Å². The number of benzene rings is 1. The third-order valence-electron chi connectivity index (χ3n) is 2.16. The highest BCUT2D eigenvalue weighted by Gasteiger charge is 2.47. The lowest BCUT2D eigenvalue weighted by atomic mass is 10.2. The average molecular weight is 212 g/mol. The van der Waals surface area contributed by atoms with Crippen molar-refractivity contribution in [2.24, 2.45) is 0 Å². The molecule has 1 atom stereocenters. The minimum atomic E-state index is -0.625. The number of epoxide rings is 1. The van der Waals surface area contributed by atoms with Gasteiger partial charge in [-0.2, -0.15) is 0 Å². The molecular weight excluding hydrogens is 202 g/mol. The summed E-state index contributed by atoms with van der Waals surface area (Å²) < 4.78 is 5.02. The molecule has 1 aliphatic rings. The quantitative estimate of drug-likeness (QED) is 0.761. The van der Waals surface area contributed by atoms with Crippen LogP contribution in [-0.2, 0) is 9.53 Å². The van der Waals surface area contributed by atoms with E-state index in [0.29, 0.717) is 11.6 Å². The summed E-state index contributed by atoms with van der Waals surface area (Å²) in [5.74, 6) is -0.111. The van der Waals surface area contributed by atoms with Crippen LogP contribution in [0.3, 0.4) is 0 Å². The summed E-state index contributed by atoms with van der Waals surface area (Å²) >= 11 is 5.71. The van der Waals surface area contributed by atoms with E-state index in [9.17, 15) is 4.79 Å². The fraction of sp³-hybridized carbons (Fsp3) is 0.300. The van der Waals surface area contributed by atoms with E-state index in [0.717, 1.165) is 5.69 Å². The molecule has 14 heavy (non-hydrogen) atoms. The maximum atomic E-state index is 11.5. The van der Waals surface area contributed by atoms with Crippen molar-refractivity contribution in [1.29, 1.82) is 0 Å². The topological polar surface area (TPSA) is 41.6 Å². The second kappa shape index (κ2) is 3.26. The van der Waals surface area contributed by atoms with Crippen LogP contribution in [0, 0.1) is 0 Å². The van der Waals surface area contributed by atoms with Crippen molar-refractivity contribution in [1.82, 2.24) is 0 Å². The molecular formula is C10H10ClNO2. The van der Waals surface area contributed by atoms with Gasteiger partial charge < -0.3 is 10.1 Å². The molecule has 3 nitrogen and oxygen atoms in total. The second-order valence-corrected chi connectivity index (χ2v) is 3.92. The number of hydrogen-bond donors (Lipinski definition) is 1. The normalized spacial score (nSPS) is 24.4. The molecule has 74 valence electrons. The lowest BCUT2D eigenvalue weighted by Gasteiger charge is -2.07. The third-order valence-corrected chi connectivity index (χ3v) is 2.41. The Labute approximate surface area is 87.0 Å². The van der Waals surface area contributed by atoms with Crippen molar-refractivity contribution in [2.75, 3.05) is 11.9 Å². The van der Waals surface area contributed by atoms with Crippen LogP contribution < -0.4 is 5.32 Å². The molecule has 4 heteroatoms. The van der Waals surface area contributed by atoms with Crippen LogP contribution in [0.4, 0.5) is 5.69 Å². The number of ether oxygens (including phenoxy) is 1. The second-order valence-electron chi connectivity index (χ2n) is 3.48. The van der Waals surface area contributed by atoms with Gasteiger partial charge >= 0.3 is 0 Å². The van der Waals surface area contributed by atoms with Gasteiger partial charge in [0.2, 0.25) is 0 Å². The van der Waals surface area contributed by atoms with Gasteiger partial charge in [-0.05, 0) is 31.2 Å². The largest absolute Gasteiger partial charge is 0.359 e. The molecule has 1 N–H and O–H groups in total. The van der Waals surface area contributed by atoms with Crippen LogP contribution in [0.25, 0.3) is 0 Å². The third kappa shape index (κ3) is 1.89. The van der Waals surface area contributed by atoms with E-state index in [1.54, 1.807) is 31.2 Å². The molecule has 0 saturated carbocycles. The number of hydrogen-bond acceptors (Lipinski definition) is 2. The van der Waals surface area contributed by atoms with E-state index in [2.05, 4.69) is 5.32 Å². The Balaban J connectivity index is 2.04. The van der Waals surface area contributed by atoms with Crippen LogP contribution in [0.5, 0.6) is 0 Å². The number of anilines is 1. The fourth-order valence-electron chi connectivity index (χ4n) is 1.04. The number of amides is 1. The SMILES string of the molecule is C[C@@]1(C(=O)Nc2ccc(Cl)cc2)CO1. The first-order valence-corrected chi connectivity index (χ1v) is 4.69. The predicted molar refractivity (Wildman–Crippen MR) is 54.4 cm³/mol. The van der Waals surface area contributed by atoms with E-state index >= 15 is 0 Å². The molecule has 1 aliphatic heterocycles. The van der Waals surface area contributed by atoms with Gasteiger partial charge in [-0.15, -0.1) is 0 Å². The fourth-order valence-corrected chi connectivity index (χ4v) is 1.16. The van der Waals surface area contributed by atoms with E-state index in [4.69, 9.17) is 16.3 Å². The molecule has 0 spiro atoms. The standard InChI is InChI=1S/C10H10ClNO2/c1-10(6-14-10)9(13)12-8-4-2-7(11)3-5-8/h2-5H,6H2,1H3,(H,12,13)/t10-/m0/s1. The first-order valence-electron chi connectivity index (χ1n) is 4.31. The molecule has 0 unspecified atom stereocenters. The van der Waals surface area contributed by atoms with Crippen molar-refractivity contribution in [3.8, 4) is 0 Å². The summed E-state index contributed by atoms with van der Waals surface area (Å²) in [6, 6.07) is 6.97. The Morgan fingerprint density at radius 3 is 2.57 bits per heavy atom. The van der Waals surface area contributed by atoms with Gasteiger partial charge in [0.05, 0.1) is 6.61 Å². The van der Waals surface area contributed by atoms with Gasteiger partial charge in [0, 0.05) is 10.7 Å². The Hall–Kier alpha value is -1.06. The van der Waals surface area contributed by atoms with Crippen molar-refractivity contribution >= 4 is 23.2 Å². The number of halogens is 1. The Morgan fingerprint density at radius 1 is 1.50 bits per heavy atom. The molecule has 2 rings (SSSR count). The zero-order valence-electron chi connectivity index (χ0n) is 7.71. The monoisotopic (exact) mass is 211 g/mol. The maximum Gasteiger partial charge on any atom is 0.258 e. The summed E-state index contributed by atoms with van der Waals surface area (Å²) in [6.07, 6.45) is 0. The van der Waals surface area contributed by atoms with Gasteiger partial charge in [-0.3, -0.25) is 4.79 Å².